The van der Waals surface area contributed by atoms with E-state index in [1.54, 1.807) is 17.0 Å². The maximum Gasteiger partial charge on any atom is 0.253 e. The summed E-state index contributed by atoms with van der Waals surface area (Å²) in [6, 6.07) is 1.75. The fraction of sp³-hybridized carbons (Fsp3) is 0.650. The number of aromatic nitrogens is 3. The van der Waals surface area contributed by atoms with Gasteiger partial charge in [0.15, 0.2) is 0 Å². The van der Waals surface area contributed by atoms with Crippen LogP contribution in [0, 0.1) is 5.92 Å². The van der Waals surface area contributed by atoms with Gasteiger partial charge in [-0.15, -0.1) is 0 Å². The van der Waals surface area contributed by atoms with E-state index < -0.39 is 0 Å². The minimum Gasteiger partial charge on any atom is -0.361 e. The minimum absolute atomic E-state index is 0.114. The molecule has 1 saturated heterocycles. The summed E-state index contributed by atoms with van der Waals surface area (Å²) in [7, 11) is 0. The Morgan fingerprint density at radius 3 is 2.54 bits per heavy atom. The highest BCUT2D eigenvalue weighted by Crippen LogP contribution is 2.42. The van der Waals surface area contributed by atoms with Crippen LogP contribution in [0.25, 0.3) is 0 Å². The van der Waals surface area contributed by atoms with E-state index in [4.69, 9.17) is 4.52 Å². The zero-order chi connectivity index (χ0) is 17.5. The number of rotatable bonds is 6. The van der Waals surface area contributed by atoms with Crippen LogP contribution < -0.4 is 5.56 Å². The first-order valence-corrected chi connectivity index (χ1v) is 9.98. The first-order chi connectivity index (χ1) is 12.8. The van der Waals surface area contributed by atoms with Crippen molar-refractivity contribution >= 4 is 0 Å². The highest BCUT2D eigenvalue weighted by atomic mass is 16.5. The van der Waals surface area contributed by atoms with Crippen molar-refractivity contribution in [1.29, 1.82) is 0 Å². The monoisotopic (exact) mass is 354 g/mol. The van der Waals surface area contributed by atoms with Gasteiger partial charge in [0.05, 0.1) is 18.2 Å². The molecule has 0 bridgehead atoms. The molecule has 0 aromatic carbocycles. The molecule has 0 unspecified atom stereocenters. The molecular weight excluding hydrogens is 328 g/mol. The third-order valence-corrected chi connectivity index (χ3v) is 6.08. The van der Waals surface area contributed by atoms with Gasteiger partial charge < -0.3 is 4.52 Å². The number of hydrogen-bond acceptors (Lipinski definition) is 5. The van der Waals surface area contributed by atoms with Gasteiger partial charge in [0.25, 0.3) is 5.56 Å². The van der Waals surface area contributed by atoms with E-state index in [1.807, 2.05) is 6.20 Å². The van der Waals surface area contributed by atoms with Gasteiger partial charge in [-0.25, -0.2) is 4.98 Å². The molecule has 2 aromatic heterocycles. The second kappa shape index (κ2) is 6.65. The molecule has 2 saturated carbocycles. The molecule has 6 heteroatoms. The standard InChI is InChI=1S/C20H26N4O2/c25-19-9-18(15-1-2-15)21-13-24(19)11-14-5-7-23(8-6-14)12-17-10-22-26-20(17)16-3-4-16/h9-10,13-16H,1-8,11-12H2. The van der Waals surface area contributed by atoms with Gasteiger partial charge in [-0.1, -0.05) is 5.16 Å². The molecule has 3 aliphatic rings. The van der Waals surface area contributed by atoms with E-state index >= 15 is 0 Å². The maximum absolute atomic E-state index is 12.3. The van der Waals surface area contributed by atoms with Crippen LogP contribution in [0.15, 0.2) is 27.9 Å². The Morgan fingerprint density at radius 2 is 1.85 bits per heavy atom. The third kappa shape index (κ3) is 3.47. The molecule has 0 atom stereocenters. The normalized spacial score (nSPS) is 22.0. The summed E-state index contributed by atoms with van der Waals surface area (Å²) in [6.07, 6.45) is 10.8. The summed E-state index contributed by atoms with van der Waals surface area (Å²) >= 11 is 0. The van der Waals surface area contributed by atoms with Crippen molar-refractivity contribution < 1.29 is 4.52 Å². The van der Waals surface area contributed by atoms with Gasteiger partial charge in [0.1, 0.15) is 5.76 Å². The molecule has 0 amide bonds. The Kier molecular flexibility index (Phi) is 4.15. The molecule has 0 radical (unpaired) electrons. The van der Waals surface area contributed by atoms with Crippen LogP contribution in [0.1, 0.15) is 67.4 Å². The largest absolute Gasteiger partial charge is 0.361 e. The fourth-order valence-electron chi connectivity index (χ4n) is 4.10. The SMILES string of the molecule is O=c1cc(C2CC2)ncn1CC1CCN(Cc2cnoc2C2CC2)CC1. The Morgan fingerprint density at radius 1 is 1.08 bits per heavy atom. The lowest BCUT2D eigenvalue weighted by Gasteiger charge is -2.32. The van der Waals surface area contributed by atoms with E-state index in [0.29, 0.717) is 17.8 Å². The summed E-state index contributed by atoms with van der Waals surface area (Å²) in [5.41, 5.74) is 2.37. The predicted molar refractivity (Wildman–Crippen MR) is 97.0 cm³/mol. The molecule has 1 aliphatic heterocycles. The van der Waals surface area contributed by atoms with Crippen molar-refractivity contribution in [3.05, 3.63) is 46.0 Å². The first-order valence-electron chi connectivity index (χ1n) is 9.98. The second-order valence-electron chi connectivity index (χ2n) is 8.29. The third-order valence-electron chi connectivity index (χ3n) is 6.08. The summed E-state index contributed by atoms with van der Waals surface area (Å²) in [4.78, 5) is 19.3. The number of likely N-dealkylation sites (tertiary alicyclic amines) is 1. The average Bonchev–Trinajstić information content (AvgIpc) is 3.57. The van der Waals surface area contributed by atoms with E-state index in [2.05, 4.69) is 15.0 Å². The lowest BCUT2D eigenvalue weighted by atomic mass is 9.96. The van der Waals surface area contributed by atoms with Crippen molar-refractivity contribution in [3.63, 3.8) is 0 Å². The van der Waals surface area contributed by atoms with Gasteiger partial charge in [0.2, 0.25) is 0 Å². The molecule has 0 spiro atoms. The Balaban J connectivity index is 1.16. The molecule has 3 fully saturated rings. The first kappa shape index (κ1) is 16.2. The molecule has 3 heterocycles. The zero-order valence-electron chi connectivity index (χ0n) is 15.1. The molecular formula is C20H26N4O2. The minimum atomic E-state index is 0.114. The molecule has 2 aliphatic carbocycles. The van der Waals surface area contributed by atoms with Gasteiger partial charge in [-0.3, -0.25) is 14.3 Å². The van der Waals surface area contributed by atoms with Gasteiger partial charge in [0, 0.05) is 36.6 Å². The van der Waals surface area contributed by atoms with Crippen molar-refractivity contribution in [2.75, 3.05) is 13.1 Å². The van der Waals surface area contributed by atoms with Crippen LogP contribution >= 0.6 is 0 Å². The van der Waals surface area contributed by atoms with Crippen LogP contribution in [0.5, 0.6) is 0 Å². The Labute approximate surface area is 153 Å². The van der Waals surface area contributed by atoms with Crippen molar-refractivity contribution in [2.24, 2.45) is 5.92 Å². The maximum atomic E-state index is 12.3. The van der Waals surface area contributed by atoms with E-state index in [0.717, 1.165) is 50.5 Å². The van der Waals surface area contributed by atoms with Crippen molar-refractivity contribution in [3.8, 4) is 0 Å². The van der Waals surface area contributed by atoms with Crippen molar-refractivity contribution in [2.45, 2.75) is 63.5 Å². The molecule has 6 nitrogen and oxygen atoms in total. The lowest BCUT2D eigenvalue weighted by Crippen LogP contribution is -2.36. The topological polar surface area (TPSA) is 64.2 Å². The van der Waals surface area contributed by atoms with Gasteiger partial charge in [-0.2, -0.15) is 0 Å². The van der Waals surface area contributed by atoms with E-state index in [-0.39, 0.29) is 5.56 Å². The molecule has 2 aromatic rings. The van der Waals surface area contributed by atoms with Crippen LogP contribution in [0.3, 0.4) is 0 Å². The van der Waals surface area contributed by atoms with Gasteiger partial charge in [-0.05, 0) is 57.5 Å². The van der Waals surface area contributed by atoms with E-state index in [9.17, 15) is 4.79 Å². The highest BCUT2D eigenvalue weighted by molar-refractivity contribution is 5.21. The second-order valence-corrected chi connectivity index (χ2v) is 8.29. The van der Waals surface area contributed by atoms with Crippen molar-refractivity contribution in [1.82, 2.24) is 19.6 Å². The predicted octanol–water partition coefficient (Wildman–Crippen LogP) is 2.90. The summed E-state index contributed by atoms with van der Waals surface area (Å²) in [6.45, 7) is 3.88. The van der Waals surface area contributed by atoms with Gasteiger partial charge >= 0.3 is 0 Å². The average molecular weight is 354 g/mol. The molecule has 5 rings (SSSR count). The number of hydrogen-bond donors (Lipinski definition) is 0. The van der Waals surface area contributed by atoms with Crippen LogP contribution in [-0.4, -0.2) is 32.7 Å². The highest BCUT2D eigenvalue weighted by Gasteiger charge is 2.31. The lowest BCUT2D eigenvalue weighted by molar-refractivity contribution is 0.165. The number of nitrogens with zero attached hydrogens (tertiary/aromatic N) is 4. The molecule has 138 valence electrons. The van der Waals surface area contributed by atoms with E-state index in [1.165, 1.54) is 31.2 Å². The van der Waals surface area contributed by atoms with Crippen LogP contribution in [-0.2, 0) is 13.1 Å². The van der Waals surface area contributed by atoms with Crippen LogP contribution in [0.4, 0.5) is 0 Å². The zero-order valence-corrected chi connectivity index (χ0v) is 15.1. The van der Waals surface area contributed by atoms with Crippen LogP contribution in [0.2, 0.25) is 0 Å². The summed E-state index contributed by atoms with van der Waals surface area (Å²) < 4.78 is 7.26. The smallest absolute Gasteiger partial charge is 0.253 e. The Hall–Kier alpha value is -1.95. The molecule has 26 heavy (non-hydrogen) atoms. The summed E-state index contributed by atoms with van der Waals surface area (Å²) in [5, 5.41) is 4.01. The Bertz CT molecular complexity index is 826. The number of piperidine rings is 1. The fourth-order valence-corrected chi connectivity index (χ4v) is 4.10. The molecule has 0 N–H and O–H groups in total. The summed E-state index contributed by atoms with van der Waals surface area (Å²) in [5.74, 6) is 2.82. The quantitative estimate of drug-likeness (QED) is 0.798.